The molecule has 2 fully saturated rings. The summed E-state index contributed by atoms with van der Waals surface area (Å²) in [6.45, 7) is 2.61. The third-order valence-electron chi connectivity index (χ3n) is 8.80. The minimum atomic E-state index is -1.45. The number of aliphatic hydroxyl groups is 1. The number of nitrogens with zero attached hydrogens (tertiary/aromatic N) is 4. The van der Waals surface area contributed by atoms with Gasteiger partial charge in [-0.1, -0.05) is 42.5 Å². The van der Waals surface area contributed by atoms with Crippen LogP contribution in [0.5, 0.6) is 5.75 Å². The molecule has 0 saturated heterocycles. The lowest BCUT2D eigenvalue weighted by molar-refractivity contribution is -0.0868. The van der Waals surface area contributed by atoms with Gasteiger partial charge in [-0.3, -0.25) is 4.98 Å². The van der Waals surface area contributed by atoms with Crippen molar-refractivity contribution in [3.63, 3.8) is 0 Å². The summed E-state index contributed by atoms with van der Waals surface area (Å²) in [7, 11) is 4.07. The van der Waals surface area contributed by atoms with E-state index in [1.165, 1.54) is 0 Å². The Labute approximate surface area is 222 Å². The molecule has 7 nitrogen and oxygen atoms in total. The van der Waals surface area contributed by atoms with Crippen LogP contribution in [0.4, 0.5) is 0 Å². The molecule has 38 heavy (non-hydrogen) atoms. The van der Waals surface area contributed by atoms with Gasteiger partial charge >= 0.3 is 0 Å². The van der Waals surface area contributed by atoms with E-state index < -0.39 is 16.9 Å². The molecule has 1 aromatic heterocycles. The molecule has 4 aliphatic rings. The Balaban J connectivity index is 1.60. The highest BCUT2D eigenvalue weighted by atomic mass is 16.5. The van der Waals surface area contributed by atoms with Crippen LogP contribution in [0.2, 0.25) is 0 Å². The molecular weight excluding hydrogens is 474 g/mol. The predicted octanol–water partition coefficient (Wildman–Crippen LogP) is 3.82. The Morgan fingerprint density at radius 1 is 1.13 bits per heavy atom. The maximum atomic E-state index is 13.1. The van der Waals surface area contributed by atoms with Gasteiger partial charge in [-0.15, -0.1) is 0 Å². The standard InChI is InChI=1S/C31H31N5O2/c1-19-15-25-27(33-17-19)30-29(38-25,23-13-9-20(16-32)10-14-23)26(21-7-5-4-6-8-21)24(18-36(2)3)31(30,37)35-28(34-30)22-11-12-22/h4-10,13-15,17,22,24,26,37H,11-12,18H2,1-3H3,(H,34,35)/t24-,26-,29+,30-,31-/m1/s1. The van der Waals surface area contributed by atoms with Crippen molar-refractivity contribution in [2.24, 2.45) is 16.8 Å². The highest BCUT2D eigenvalue weighted by Gasteiger charge is 2.85. The SMILES string of the molecule is Cc1cnc2c(c1)O[C@@]1(c3ccc(C#N)cc3)[C@H](c3ccccc3)[C@@H](CN(C)C)[C@]3(O)NC(C4CC4)=N[C@@]231. The molecule has 192 valence electrons. The molecule has 2 saturated carbocycles. The number of pyridine rings is 1. The number of aryl methyl sites for hydroxylation is 1. The highest BCUT2D eigenvalue weighted by Crippen LogP contribution is 2.74. The molecule has 2 aromatic carbocycles. The monoisotopic (exact) mass is 505 g/mol. The van der Waals surface area contributed by atoms with Gasteiger partial charge in [-0.2, -0.15) is 5.26 Å². The Bertz CT molecular complexity index is 1490. The van der Waals surface area contributed by atoms with E-state index in [4.69, 9.17) is 14.7 Å². The number of hydrogen-bond acceptors (Lipinski definition) is 7. The average Bonchev–Trinajstić information content (AvgIpc) is 3.63. The third-order valence-corrected chi connectivity index (χ3v) is 8.80. The number of fused-ring (bicyclic) bond motifs is 1. The first kappa shape index (κ1) is 23.4. The van der Waals surface area contributed by atoms with E-state index in [-0.39, 0.29) is 11.8 Å². The number of aliphatic imine (C=N–C) groups is 1. The predicted molar refractivity (Wildman–Crippen MR) is 144 cm³/mol. The number of nitrogens with one attached hydrogen (secondary N) is 1. The fourth-order valence-corrected chi connectivity index (χ4v) is 7.22. The van der Waals surface area contributed by atoms with E-state index in [0.717, 1.165) is 35.4 Å². The number of aromatic nitrogens is 1. The van der Waals surface area contributed by atoms with Gasteiger partial charge in [0.15, 0.2) is 16.9 Å². The van der Waals surface area contributed by atoms with Crippen molar-refractivity contribution in [2.45, 2.75) is 42.5 Å². The fraction of sp³-hybridized carbons (Fsp3) is 0.387. The van der Waals surface area contributed by atoms with Crippen LogP contribution in [-0.4, -0.2) is 47.2 Å². The van der Waals surface area contributed by atoms with Crippen LogP contribution >= 0.6 is 0 Å². The highest BCUT2D eigenvalue weighted by molar-refractivity contribution is 5.91. The lowest BCUT2D eigenvalue weighted by Crippen LogP contribution is -2.62. The zero-order valence-corrected chi connectivity index (χ0v) is 21.8. The maximum Gasteiger partial charge on any atom is 0.199 e. The van der Waals surface area contributed by atoms with Crippen molar-refractivity contribution in [2.75, 3.05) is 20.6 Å². The molecule has 3 aromatic rings. The molecule has 7 heteroatoms. The lowest BCUT2D eigenvalue weighted by Gasteiger charge is -2.41. The molecule has 1 spiro atoms. The van der Waals surface area contributed by atoms with Crippen molar-refractivity contribution in [3.8, 4) is 11.8 Å². The first-order chi connectivity index (χ1) is 18.3. The van der Waals surface area contributed by atoms with E-state index >= 15 is 0 Å². The Morgan fingerprint density at radius 3 is 2.53 bits per heavy atom. The van der Waals surface area contributed by atoms with Gasteiger partial charge in [-0.05, 0) is 68.8 Å². The van der Waals surface area contributed by atoms with Crippen molar-refractivity contribution in [1.82, 2.24) is 15.2 Å². The summed E-state index contributed by atoms with van der Waals surface area (Å²) in [5, 5.41) is 26.2. The summed E-state index contributed by atoms with van der Waals surface area (Å²) >= 11 is 0. The van der Waals surface area contributed by atoms with E-state index in [2.05, 4.69) is 28.4 Å². The molecule has 0 unspecified atom stereocenters. The van der Waals surface area contributed by atoms with Crippen molar-refractivity contribution < 1.29 is 9.84 Å². The maximum absolute atomic E-state index is 13.1. The second-order valence-corrected chi connectivity index (χ2v) is 11.5. The summed E-state index contributed by atoms with van der Waals surface area (Å²) in [6.07, 6.45) is 3.95. The van der Waals surface area contributed by atoms with E-state index in [9.17, 15) is 10.4 Å². The van der Waals surface area contributed by atoms with Crippen LogP contribution in [0, 0.1) is 30.1 Å². The number of hydrogen-bond donors (Lipinski definition) is 2. The van der Waals surface area contributed by atoms with Crippen LogP contribution in [0.15, 0.2) is 71.9 Å². The van der Waals surface area contributed by atoms with Crippen molar-refractivity contribution in [3.05, 3.63) is 94.8 Å². The smallest absolute Gasteiger partial charge is 0.199 e. The van der Waals surface area contributed by atoms with Crippen LogP contribution < -0.4 is 10.1 Å². The fourth-order valence-electron chi connectivity index (χ4n) is 7.22. The minimum absolute atomic E-state index is 0.268. The Kier molecular flexibility index (Phi) is 4.86. The molecule has 7 rings (SSSR count). The first-order valence-electron chi connectivity index (χ1n) is 13.3. The van der Waals surface area contributed by atoms with Crippen LogP contribution in [-0.2, 0) is 11.1 Å². The second kappa shape index (κ2) is 7.89. The van der Waals surface area contributed by atoms with Gasteiger partial charge in [0.1, 0.15) is 17.3 Å². The summed E-state index contributed by atoms with van der Waals surface area (Å²) in [4.78, 5) is 12.5. The number of ether oxygens (including phenoxy) is 1. The number of rotatable bonds is 5. The third kappa shape index (κ3) is 2.85. The molecule has 2 aliphatic heterocycles. The lowest BCUT2D eigenvalue weighted by atomic mass is 9.69. The normalized spacial score (nSPS) is 32.6. The van der Waals surface area contributed by atoms with E-state index in [1.54, 1.807) is 0 Å². The average molecular weight is 506 g/mol. The molecule has 5 atom stereocenters. The van der Waals surface area contributed by atoms with Gasteiger partial charge in [0.25, 0.3) is 0 Å². The quantitative estimate of drug-likeness (QED) is 0.548. The zero-order chi connectivity index (χ0) is 26.3. The molecule has 2 N–H and O–H groups in total. The van der Waals surface area contributed by atoms with E-state index in [1.807, 2.05) is 75.7 Å². The first-order valence-corrected chi connectivity index (χ1v) is 13.3. The van der Waals surface area contributed by atoms with Crippen LogP contribution in [0.3, 0.4) is 0 Å². The summed E-state index contributed by atoms with van der Waals surface area (Å²) < 4.78 is 7.19. The Hall–Kier alpha value is -3.73. The number of amidine groups is 1. The van der Waals surface area contributed by atoms with Crippen LogP contribution in [0.25, 0.3) is 0 Å². The molecule has 0 amide bonds. The molecule has 2 aliphatic carbocycles. The van der Waals surface area contributed by atoms with Gasteiger partial charge in [-0.25, -0.2) is 4.99 Å². The van der Waals surface area contributed by atoms with E-state index in [0.29, 0.717) is 29.5 Å². The van der Waals surface area contributed by atoms with Gasteiger partial charge in [0.05, 0.1) is 11.6 Å². The molecule has 0 bridgehead atoms. The summed E-state index contributed by atoms with van der Waals surface area (Å²) in [5.74, 6) is 1.25. The largest absolute Gasteiger partial charge is 0.477 e. The van der Waals surface area contributed by atoms with Crippen LogP contribution in [0.1, 0.15) is 46.7 Å². The summed E-state index contributed by atoms with van der Waals surface area (Å²) in [6, 6.07) is 22.2. The molecule has 3 heterocycles. The van der Waals surface area contributed by atoms with Crippen molar-refractivity contribution in [1.29, 1.82) is 5.26 Å². The second-order valence-electron chi connectivity index (χ2n) is 11.5. The summed E-state index contributed by atoms with van der Waals surface area (Å²) in [5.41, 5.74) is 0.420. The van der Waals surface area contributed by atoms with Crippen molar-refractivity contribution >= 4 is 5.84 Å². The van der Waals surface area contributed by atoms with Gasteiger partial charge in [0.2, 0.25) is 0 Å². The minimum Gasteiger partial charge on any atom is -0.477 e. The molecule has 0 radical (unpaired) electrons. The Morgan fingerprint density at radius 2 is 1.87 bits per heavy atom. The zero-order valence-electron chi connectivity index (χ0n) is 21.8. The van der Waals surface area contributed by atoms with Gasteiger partial charge in [0, 0.05) is 30.5 Å². The topological polar surface area (TPSA) is 93.8 Å². The number of benzene rings is 2. The van der Waals surface area contributed by atoms with Gasteiger partial charge < -0.3 is 20.1 Å². The molecular formula is C31H31N5O2. The number of nitriles is 1.